The van der Waals surface area contributed by atoms with E-state index in [-0.39, 0.29) is 18.6 Å². The number of fused-ring (bicyclic) bond motifs is 1. The molecule has 1 unspecified atom stereocenters. The van der Waals surface area contributed by atoms with Crippen molar-refractivity contribution in [1.29, 1.82) is 0 Å². The smallest absolute Gasteiger partial charge is 0.258 e. The van der Waals surface area contributed by atoms with E-state index in [0.29, 0.717) is 5.75 Å². The fourth-order valence-corrected chi connectivity index (χ4v) is 3.95. The molecule has 1 aliphatic rings. The molecule has 0 saturated heterocycles. The summed E-state index contributed by atoms with van der Waals surface area (Å²) in [6, 6.07) is 17.7. The lowest BCUT2D eigenvalue weighted by Crippen LogP contribution is -2.33. The Morgan fingerprint density at radius 3 is 2.74 bits per heavy atom. The number of nitrogens with zero attached hydrogens (tertiary/aromatic N) is 4. The predicted molar refractivity (Wildman–Crippen MR) is 119 cm³/mol. The maximum Gasteiger partial charge on any atom is 0.258 e. The molecule has 31 heavy (non-hydrogen) atoms. The lowest BCUT2D eigenvalue weighted by Gasteiger charge is -2.20. The maximum atomic E-state index is 12.3. The number of aromatic nitrogens is 3. The van der Waals surface area contributed by atoms with E-state index in [1.165, 1.54) is 11.1 Å². The zero-order valence-electron chi connectivity index (χ0n) is 18.1. The van der Waals surface area contributed by atoms with Gasteiger partial charge in [-0.15, -0.1) is 10.2 Å². The molecule has 0 saturated carbocycles. The Bertz CT molecular complexity index is 1020. The highest BCUT2D eigenvalue weighted by molar-refractivity contribution is 5.77. The van der Waals surface area contributed by atoms with Crippen LogP contribution in [0.1, 0.15) is 35.7 Å². The summed E-state index contributed by atoms with van der Waals surface area (Å²) in [5.41, 5.74) is 2.62. The van der Waals surface area contributed by atoms with Gasteiger partial charge in [-0.05, 0) is 31.5 Å². The quantitative estimate of drug-likeness (QED) is 0.638. The average Bonchev–Trinajstić information content (AvgIpc) is 3.08. The Hall–Kier alpha value is -3.19. The molecule has 7 heteroatoms. The largest absolute Gasteiger partial charge is 0.484 e. The van der Waals surface area contributed by atoms with Crippen molar-refractivity contribution in [2.45, 2.75) is 39.4 Å². The van der Waals surface area contributed by atoms with E-state index in [0.717, 1.165) is 44.2 Å². The number of hydrogen-bond acceptors (Lipinski definition) is 5. The summed E-state index contributed by atoms with van der Waals surface area (Å²) in [4.78, 5) is 14.8. The predicted octanol–water partition coefficient (Wildman–Crippen LogP) is 2.90. The second kappa shape index (κ2) is 9.75. The van der Waals surface area contributed by atoms with Gasteiger partial charge in [-0.2, -0.15) is 0 Å². The van der Waals surface area contributed by atoms with Gasteiger partial charge < -0.3 is 14.6 Å². The molecular weight excluding hydrogens is 390 g/mol. The highest BCUT2D eigenvalue weighted by atomic mass is 16.5. The highest BCUT2D eigenvalue weighted by Crippen LogP contribution is 2.17. The van der Waals surface area contributed by atoms with Crippen molar-refractivity contribution in [3.05, 3.63) is 77.4 Å². The zero-order valence-corrected chi connectivity index (χ0v) is 18.1. The van der Waals surface area contributed by atoms with Crippen molar-refractivity contribution in [3.8, 4) is 5.75 Å². The summed E-state index contributed by atoms with van der Waals surface area (Å²) in [7, 11) is 0. The Balaban J connectivity index is 1.33. The summed E-state index contributed by atoms with van der Waals surface area (Å²) in [5.74, 6) is 2.27. The van der Waals surface area contributed by atoms with Gasteiger partial charge in [0.25, 0.3) is 5.91 Å². The van der Waals surface area contributed by atoms with E-state index in [9.17, 15) is 4.79 Å². The summed E-state index contributed by atoms with van der Waals surface area (Å²) in [6.07, 6.45) is 0.844. The summed E-state index contributed by atoms with van der Waals surface area (Å²) in [6.45, 7) is 7.64. The van der Waals surface area contributed by atoms with Crippen molar-refractivity contribution in [3.63, 3.8) is 0 Å². The Morgan fingerprint density at radius 1 is 1.10 bits per heavy atom. The molecule has 7 nitrogen and oxygen atoms in total. The lowest BCUT2D eigenvalue weighted by atomic mass is 10.1. The number of para-hydroxylation sites is 1. The minimum Gasteiger partial charge on any atom is -0.484 e. The van der Waals surface area contributed by atoms with Crippen LogP contribution in [0.15, 0.2) is 54.6 Å². The first-order valence-electron chi connectivity index (χ1n) is 10.8. The number of nitrogens with one attached hydrogen (secondary N) is 1. The summed E-state index contributed by atoms with van der Waals surface area (Å²) >= 11 is 0. The minimum absolute atomic E-state index is 0.0282. The molecule has 0 radical (unpaired) electrons. The molecule has 0 aliphatic carbocycles. The second-order valence-corrected chi connectivity index (χ2v) is 8.03. The van der Waals surface area contributed by atoms with Gasteiger partial charge in [-0.25, -0.2) is 0 Å². The van der Waals surface area contributed by atoms with Crippen LogP contribution in [0.25, 0.3) is 0 Å². The molecule has 1 N–H and O–H groups in total. The molecule has 1 aromatic heterocycles. The Labute approximate surface area is 183 Å². The number of amides is 1. The number of carbonyl (C=O) groups excluding carboxylic acids is 1. The van der Waals surface area contributed by atoms with Crippen LogP contribution in [-0.2, 0) is 24.3 Å². The van der Waals surface area contributed by atoms with Crippen molar-refractivity contribution >= 4 is 5.91 Å². The van der Waals surface area contributed by atoms with Gasteiger partial charge >= 0.3 is 0 Å². The fraction of sp³-hybridized carbons (Fsp3) is 0.375. The van der Waals surface area contributed by atoms with E-state index in [4.69, 9.17) is 4.74 Å². The Kier molecular flexibility index (Phi) is 6.62. The normalized spacial score (nSPS) is 15.0. The number of hydrogen-bond donors (Lipinski definition) is 1. The molecule has 0 fully saturated rings. The van der Waals surface area contributed by atoms with E-state index in [1.807, 2.05) is 37.3 Å². The molecule has 1 aliphatic heterocycles. The first-order valence-corrected chi connectivity index (χ1v) is 10.8. The second-order valence-electron chi connectivity index (χ2n) is 8.03. The molecule has 4 rings (SSSR count). The van der Waals surface area contributed by atoms with E-state index < -0.39 is 0 Å². The van der Waals surface area contributed by atoms with Crippen LogP contribution >= 0.6 is 0 Å². The summed E-state index contributed by atoms with van der Waals surface area (Å²) in [5, 5.41) is 11.7. The lowest BCUT2D eigenvalue weighted by molar-refractivity contribution is -0.123. The fourth-order valence-electron chi connectivity index (χ4n) is 3.95. The van der Waals surface area contributed by atoms with Gasteiger partial charge in [0, 0.05) is 32.6 Å². The van der Waals surface area contributed by atoms with E-state index in [2.05, 4.69) is 56.2 Å². The highest BCUT2D eigenvalue weighted by Gasteiger charge is 2.23. The molecular formula is C24H29N5O2. The summed E-state index contributed by atoms with van der Waals surface area (Å²) < 4.78 is 7.69. The number of aryl methyl sites for hydroxylation is 1. The van der Waals surface area contributed by atoms with Crippen LogP contribution in [0.3, 0.4) is 0 Å². The molecule has 2 aromatic carbocycles. The minimum atomic E-state index is -0.239. The average molecular weight is 420 g/mol. The third kappa shape index (κ3) is 5.49. The maximum absolute atomic E-state index is 12.3. The van der Waals surface area contributed by atoms with Crippen LogP contribution < -0.4 is 10.1 Å². The Morgan fingerprint density at radius 2 is 1.94 bits per heavy atom. The molecule has 0 spiro atoms. The SMILES string of the molecule is Cc1cccc(CN2CCc3nnc(C(C)NC(=O)COc4ccccc4)n3CC2)c1. The van der Waals surface area contributed by atoms with Crippen molar-refractivity contribution in [2.75, 3.05) is 19.7 Å². The van der Waals surface area contributed by atoms with Gasteiger partial charge in [-0.1, -0.05) is 48.0 Å². The number of ether oxygens (including phenoxy) is 1. The topological polar surface area (TPSA) is 72.3 Å². The van der Waals surface area contributed by atoms with Crippen molar-refractivity contribution < 1.29 is 9.53 Å². The molecule has 2 heterocycles. The van der Waals surface area contributed by atoms with Crippen LogP contribution in [0.2, 0.25) is 0 Å². The van der Waals surface area contributed by atoms with Gasteiger partial charge in [0.05, 0.1) is 6.04 Å². The molecule has 162 valence electrons. The van der Waals surface area contributed by atoms with Crippen LogP contribution in [0.5, 0.6) is 5.75 Å². The number of carbonyl (C=O) groups is 1. The van der Waals surface area contributed by atoms with Crippen LogP contribution in [0.4, 0.5) is 0 Å². The molecule has 1 amide bonds. The monoisotopic (exact) mass is 419 g/mol. The number of rotatable bonds is 7. The van der Waals surface area contributed by atoms with Crippen molar-refractivity contribution in [1.82, 2.24) is 25.0 Å². The van der Waals surface area contributed by atoms with Crippen LogP contribution in [0, 0.1) is 6.92 Å². The van der Waals surface area contributed by atoms with Gasteiger partial charge in [0.1, 0.15) is 11.6 Å². The van der Waals surface area contributed by atoms with Crippen molar-refractivity contribution in [2.24, 2.45) is 0 Å². The van der Waals surface area contributed by atoms with Gasteiger partial charge in [0.2, 0.25) is 0 Å². The van der Waals surface area contributed by atoms with Gasteiger partial charge in [-0.3, -0.25) is 9.69 Å². The third-order valence-corrected chi connectivity index (χ3v) is 5.51. The standard InChI is InChI=1S/C24H29N5O2/c1-18-7-6-8-20(15-18)16-28-12-11-22-26-27-24(29(22)14-13-28)19(2)25-23(30)17-31-21-9-4-3-5-10-21/h3-10,15,19H,11-14,16-17H2,1-2H3,(H,25,30). The van der Waals surface area contributed by atoms with E-state index >= 15 is 0 Å². The first-order chi connectivity index (χ1) is 15.1. The molecule has 0 bridgehead atoms. The number of benzene rings is 2. The third-order valence-electron chi connectivity index (χ3n) is 5.51. The molecule has 3 aromatic rings. The zero-order chi connectivity index (χ0) is 21.6. The van der Waals surface area contributed by atoms with E-state index in [1.54, 1.807) is 0 Å². The molecule has 1 atom stereocenters. The van der Waals surface area contributed by atoms with Gasteiger partial charge in [0.15, 0.2) is 12.4 Å². The first kappa shape index (κ1) is 21.1. The van der Waals surface area contributed by atoms with Crippen LogP contribution in [-0.4, -0.2) is 45.3 Å².